The van der Waals surface area contributed by atoms with Gasteiger partial charge in [0.05, 0.1) is 18.1 Å². The van der Waals surface area contributed by atoms with Gasteiger partial charge in [-0.05, 0) is 37.5 Å². The molecule has 2 fully saturated rings. The molecule has 2 aliphatic rings. The molecule has 6 heteroatoms. The first-order chi connectivity index (χ1) is 12.3. The second-order valence-electron chi connectivity index (χ2n) is 6.47. The largest absolute Gasteiger partial charge is 0.439 e. The molecule has 126 valence electrons. The number of ether oxygens (including phenoxy) is 2. The number of hydrogen-bond acceptors (Lipinski definition) is 6. The van der Waals surface area contributed by atoms with Gasteiger partial charge in [-0.2, -0.15) is 4.98 Å². The van der Waals surface area contributed by atoms with Crippen LogP contribution in [0, 0.1) is 0 Å². The number of pyridine rings is 1. The molecular weight excluding hydrogens is 318 g/mol. The van der Waals surface area contributed by atoms with E-state index in [0.717, 1.165) is 30.6 Å². The molecule has 2 aliphatic heterocycles. The quantitative estimate of drug-likeness (QED) is 0.719. The molecule has 3 atom stereocenters. The lowest BCUT2D eigenvalue weighted by Crippen LogP contribution is -2.14. The summed E-state index contributed by atoms with van der Waals surface area (Å²) in [5.41, 5.74) is 0.805. The number of benzene rings is 1. The number of fused-ring (bicyclic) bond motifs is 2. The Morgan fingerprint density at radius 3 is 2.68 bits per heavy atom. The minimum absolute atomic E-state index is 0.230. The normalized spacial score (nSPS) is 24.6. The third kappa shape index (κ3) is 2.78. The van der Waals surface area contributed by atoms with E-state index >= 15 is 0 Å². The van der Waals surface area contributed by atoms with Crippen LogP contribution in [-0.2, 0) is 4.74 Å². The summed E-state index contributed by atoms with van der Waals surface area (Å²) in [7, 11) is 0. The Kier molecular flexibility index (Phi) is 3.48. The molecule has 3 aromatic rings. The van der Waals surface area contributed by atoms with Crippen molar-refractivity contribution in [3.63, 3.8) is 0 Å². The molecular formula is C19H17N3O3. The molecule has 2 aromatic heterocycles. The van der Waals surface area contributed by atoms with Crippen LogP contribution in [0.2, 0.25) is 0 Å². The van der Waals surface area contributed by atoms with Crippen LogP contribution < -0.4 is 4.74 Å². The summed E-state index contributed by atoms with van der Waals surface area (Å²) in [4.78, 5) is 8.88. The fraction of sp³-hybridized carbons (Fsp3) is 0.316. The highest BCUT2D eigenvalue weighted by Crippen LogP contribution is 2.44. The highest BCUT2D eigenvalue weighted by atomic mass is 16.5. The summed E-state index contributed by atoms with van der Waals surface area (Å²) >= 11 is 0. The van der Waals surface area contributed by atoms with E-state index in [2.05, 4.69) is 15.1 Å². The summed E-state index contributed by atoms with van der Waals surface area (Å²) in [5, 5.41) is 4.11. The number of para-hydroxylation sites is 1. The zero-order chi connectivity index (χ0) is 16.6. The molecule has 0 spiro atoms. The van der Waals surface area contributed by atoms with Crippen molar-refractivity contribution >= 4 is 0 Å². The first-order valence-electron chi connectivity index (χ1n) is 8.53. The Morgan fingerprint density at radius 1 is 1.04 bits per heavy atom. The predicted molar refractivity (Wildman–Crippen MR) is 89.3 cm³/mol. The first kappa shape index (κ1) is 14.6. The minimum atomic E-state index is 0.230. The number of hydrogen-bond donors (Lipinski definition) is 0. The van der Waals surface area contributed by atoms with Crippen molar-refractivity contribution < 1.29 is 14.0 Å². The van der Waals surface area contributed by atoms with E-state index < -0.39 is 0 Å². The van der Waals surface area contributed by atoms with Gasteiger partial charge in [-0.25, -0.2) is 4.98 Å². The zero-order valence-electron chi connectivity index (χ0n) is 13.5. The van der Waals surface area contributed by atoms with Crippen molar-refractivity contribution in [2.45, 2.75) is 37.4 Å². The van der Waals surface area contributed by atoms with Crippen molar-refractivity contribution in [2.75, 3.05) is 0 Å². The predicted octanol–water partition coefficient (Wildman–Crippen LogP) is 3.96. The van der Waals surface area contributed by atoms with Crippen LogP contribution in [0.3, 0.4) is 0 Å². The van der Waals surface area contributed by atoms with Gasteiger partial charge < -0.3 is 14.0 Å². The molecule has 2 bridgehead atoms. The Bertz CT molecular complexity index is 863. The van der Waals surface area contributed by atoms with E-state index in [1.54, 1.807) is 12.3 Å². The second-order valence-corrected chi connectivity index (χ2v) is 6.47. The zero-order valence-corrected chi connectivity index (χ0v) is 13.5. The van der Waals surface area contributed by atoms with E-state index in [-0.39, 0.29) is 12.0 Å². The second kappa shape index (κ2) is 5.97. The van der Waals surface area contributed by atoms with Gasteiger partial charge in [0.2, 0.25) is 17.6 Å². The maximum Gasteiger partial charge on any atom is 0.232 e. The van der Waals surface area contributed by atoms with Crippen LogP contribution in [0.5, 0.6) is 11.6 Å². The average Bonchev–Trinajstić information content (AvgIpc) is 3.40. The lowest BCUT2D eigenvalue weighted by molar-refractivity contribution is 0.0974. The lowest BCUT2D eigenvalue weighted by atomic mass is 9.89. The van der Waals surface area contributed by atoms with Gasteiger partial charge in [0, 0.05) is 17.8 Å². The molecule has 0 N–H and O–H groups in total. The fourth-order valence-corrected chi connectivity index (χ4v) is 3.58. The molecule has 5 rings (SSSR count). The maximum atomic E-state index is 5.87. The third-order valence-electron chi connectivity index (χ3n) is 4.83. The summed E-state index contributed by atoms with van der Waals surface area (Å²) < 4.78 is 17.0. The molecule has 0 saturated carbocycles. The van der Waals surface area contributed by atoms with Crippen LogP contribution in [0.25, 0.3) is 11.4 Å². The van der Waals surface area contributed by atoms with Crippen LogP contribution in [0.1, 0.15) is 31.1 Å². The molecule has 0 amide bonds. The van der Waals surface area contributed by atoms with E-state index in [1.165, 1.54) is 0 Å². The van der Waals surface area contributed by atoms with E-state index in [4.69, 9.17) is 14.0 Å². The SMILES string of the molecule is c1ccc(Oc2ccc(-c3noc([C@@H]4C[C@@H]5CC[C@@H]4O5)n3)cn2)cc1. The van der Waals surface area contributed by atoms with E-state index in [9.17, 15) is 0 Å². The Morgan fingerprint density at radius 2 is 1.96 bits per heavy atom. The molecule has 6 nitrogen and oxygen atoms in total. The number of nitrogens with zero attached hydrogens (tertiary/aromatic N) is 3. The van der Waals surface area contributed by atoms with Gasteiger partial charge in [-0.3, -0.25) is 0 Å². The van der Waals surface area contributed by atoms with Crippen molar-refractivity contribution in [3.05, 3.63) is 54.6 Å². The van der Waals surface area contributed by atoms with Crippen LogP contribution in [0.15, 0.2) is 53.2 Å². The molecule has 2 saturated heterocycles. The van der Waals surface area contributed by atoms with E-state index in [0.29, 0.717) is 23.7 Å². The fourth-order valence-electron chi connectivity index (χ4n) is 3.58. The molecule has 4 heterocycles. The van der Waals surface area contributed by atoms with Crippen molar-refractivity contribution in [3.8, 4) is 23.0 Å². The van der Waals surface area contributed by atoms with Crippen LogP contribution in [-0.4, -0.2) is 27.3 Å². The van der Waals surface area contributed by atoms with Crippen molar-refractivity contribution in [1.82, 2.24) is 15.1 Å². The topological polar surface area (TPSA) is 70.3 Å². The van der Waals surface area contributed by atoms with Gasteiger partial charge in [0.15, 0.2) is 0 Å². The smallest absolute Gasteiger partial charge is 0.232 e. The highest BCUT2D eigenvalue weighted by Gasteiger charge is 2.44. The summed E-state index contributed by atoms with van der Waals surface area (Å²) in [6.07, 6.45) is 5.51. The van der Waals surface area contributed by atoms with Crippen molar-refractivity contribution in [1.29, 1.82) is 0 Å². The Hall–Kier alpha value is -2.73. The van der Waals surface area contributed by atoms with Gasteiger partial charge in [0.1, 0.15) is 5.75 Å². The minimum Gasteiger partial charge on any atom is -0.439 e. The van der Waals surface area contributed by atoms with Gasteiger partial charge in [-0.1, -0.05) is 23.4 Å². The lowest BCUT2D eigenvalue weighted by Gasteiger charge is -2.13. The van der Waals surface area contributed by atoms with E-state index in [1.807, 2.05) is 36.4 Å². The number of rotatable bonds is 4. The molecule has 1 aromatic carbocycles. The van der Waals surface area contributed by atoms with Crippen LogP contribution in [0.4, 0.5) is 0 Å². The van der Waals surface area contributed by atoms with Gasteiger partial charge in [-0.15, -0.1) is 0 Å². The van der Waals surface area contributed by atoms with Gasteiger partial charge in [0.25, 0.3) is 0 Å². The highest BCUT2D eigenvalue weighted by molar-refractivity contribution is 5.53. The maximum absolute atomic E-state index is 5.87. The monoisotopic (exact) mass is 335 g/mol. The summed E-state index contributed by atoms with van der Waals surface area (Å²) in [6.45, 7) is 0. The first-order valence-corrected chi connectivity index (χ1v) is 8.53. The molecule has 25 heavy (non-hydrogen) atoms. The Labute approximate surface area is 144 Å². The third-order valence-corrected chi connectivity index (χ3v) is 4.83. The van der Waals surface area contributed by atoms with Crippen molar-refractivity contribution in [2.24, 2.45) is 0 Å². The van der Waals surface area contributed by atoms with Crippen LogP contribution >= 0.6 is 0 Å². The molecule has 0 unspecified atom stereocenters. The molecule has 0 aliphatic carbocycles. The summed E-state index contributed by atoms with van der Waals surface area (Å²) in [6, 6.07) is 13.2. The average molecular weight is 335 g/mol. The Balaban J connectivity index is 1.32. The number of aromatic nitrogens is 3. The van der Waals surface area contributed by atoms with Gasteiger partial charge >= 0.3 is 0 Å². The summed E-state index contributed by atoms with van der Waals surface area (Å²) in [5.74, 6) is 2.73. The standard InChI is InChI=1S/C19H17N3O3/c1-2-4-13(5-3-1)24-17-9-6-12(11-20-17)18-21-19(25-22-18)15-10-14-7-8-16(15)23-14/h1-6,9,11,14-16H,7-8,10H2/t14-,15+,16-/m0/s1. The molecule has 0 radical (unpaired) electrons.